The van der Waals surface area contributed by atoms with Crippen LogP contribution in [0, 0.1) is 12.3 Å². The van der Waals surface area contributed by atoms with Crippen molar-refractivity contribution in [1.82, 2.24) is 10.2 Å². The van der Waals surface area contributed by atoms with Gasteiger partial charge in [0.05, 0.1) is 6.54 Å². The number of rotatable bonds is 3. The lowest BCUT2D eigenvalue weighted by Crippen LogP contribution is -2.58. The van der Waals surface area contributed by atoms with Gasteiger partial charge in [0.2, 0.25) is 5.91 Å². The molecule has 18 heavy (non-hydrogen) atoms. The monoisotopic (exact) mass is 242 g/mol. The van der Waals surface area contributed by atoms with Crippen LogP contribution in [0.5, 0.6) is 0 Å². The molecule has 4 heteroatoms. The van der Waals surface area contributed by atoms with Crippen molar-refractivity contribution in [2.45, 2.75) is 12.5 Å². The first-order valence-electron chi connectivity index (χ1n) is 5.81. The quantitative estimate of drug-likeness (QED) is 0.791. The van der Waals surface area contributed by atoms with E-state index in [0.717, 1.165) is 0 Å². The van der Waals surface area contributed by atoms with E-state index in [0.29, 0.717) is 18.5 Å². The van der Waals surface area contributed by atoms with Crippen LogP contribution in [-0.2, 0) is 4.79 Å². The van der Waals surface area contributed by atoms with Gasteiger partial charge in [-0.15, -0.1) is 6.42 Å². The van der Waals surface area contributed by atoms with Gasteiger partial charge in [-0.25, -0.2) is 0 Å². The number of nitrogens with one attached hydrogen (secondary N) is 1. The summed E-state index contributed by atoms with van der Waals surface area (Å²) in [5.74, 6) is 2.06. The van der Waals surface area contributed by atoms with E-state index in [1.807, 2.05) is 6.07 Å². The van der Waals surface area contributed by atoms with Gasteiger partial charge >= 0.3 is 0 Å². The van der Waals surface area contributed by atoms with Crippen molar-refractivity contribution in [3.8, 4) is 12.3 Å². The van der Waals surface area contributed by atoms with E-state index in [1.165, 1.54) is 0 Å². The van der Waals surface area contributed by atoms with Crippen molar-refractivity contribution in [2.75, 3.05) is 13.1 Å². The van der Waals surface area contributed by atoms with Gasteiger partial charge in [-0.2, -0.15) is 0 Å². The molecule has 1 saturated heterocycles. The van der Waals surface area contributed by atoms with E-state index >= 15 is 0 Å². The van der Waals surface area contributed by atoms with Gasteiger partial charge in [0, 0.05) is 12.1 Å². The SMILES string of the molecule is C#CCNC(=O)[C@H]1CCN1C(=O)c1ccccc1. The highest BCUT2D eigenvalue weighted by Crippen LogP contribution is 2.20. The predicted molar refractivity (Wildman–Crippen MR) is 67.7 cm³/mol. The van der Waals surface area contributed by atoms with E-state index in [1.54, 1.807) is 29.2 Å². The van der Waals surface area contributed by atoms with Gasteiger partial charge in [0.25, 0.3) is 5.91 Å². The van der Waals surface area contributed by atoms with Crippen LogP contribution in [0.1, 0.15) is 16.8 Å². The minimum absolute atomic E-state index is 0.109. The Kier molecular flexibility index (Phi) is 3.63. The van der Waals surface area contributed by atoms with E-state index < -0.39 is 0 Å². The molecule has 1 aliphatic heterocycles. The standard InChI is InChI=1S/C14H14N2O2/c1-2-9-15-13(17)12-8-10-16(12)14(18)11-6-4-3-5-7-11/h1,3-7,12H,8-10H2,(H,15,17)/t12-/m1/s1. The second kappa shape index (κ2) is 5.37. The first kappa shape index (κ1) is 12.2. The molecule has 1 aliphatic rings. The van der Waals surface area contributed by atoms with Crippen molar-refractivity contribution in [1.29, 1.82) is 0 Å². The van der Waals surface area contributed by atoms with E-state index in [9.17, 15) is 9.59 Å². The molecule has 0 aliphatic carbocycles. The van der Waals surface area contributed by atoms with Gasteiger partial charge in [-0.1, -0.05) is 24.1 Å². The lowest BCUT2D eigenvalue weighted by molar-refractivity contribution is -0.128. The molecular weight excluding hydrogens is 228 g/mol. The van der Waals surface area contributed by atoms with E-state index in [-0.39, 0.29) is 24.4 Å². The highest BCUT2D eigenvalue weighted by atomic mass is 16.2. The summed E-state index contributed by atoms with van der Waals surface area (Å²) < 4.78 is 0. The molecule has 4 nitrogen and oxygen atoms in total. The largest absolute Gasteiger partial charge is 0.343 e. The maximum absolute atomic E-state index is 12.1. The lowest BCUT2D eigenvalue weighted by atomic mass is 10.0. The summed E-state index contributed by atoms with van der Waals surface area (Å²) in [5, 5.41) is 2.60. The molecule has 92 valence electrons. The highest BCUT2D eigenvalue weighted by Gasteiger charge is 2.37. The number of hydrogen-bond donors (Lipinski definition) is 1. The third-order valence-electron chi connectivity index (χ3n) is 2.97. The highest BCUT2D eigenvalue weighted by molar-refractivity contribution is 5.98. The second-order valence-corrected chi connectivity index (χ2v) is 4.09. The van der Waals surface area contributed by atoms with Crippen molar-refractivity contribution in [3.63, 3.8) is 0 Å². The molecule has 1 aromatic rings. The minimum Gasteiger partial charge on any atom is -0.343 e. The van der Waals surface area contributed by atoms with Crippen LogP contribution < -0.4 is 5.32 Å². The Morgan fingerprint density at radius 1 is 1.39 bits per heavy atom. The molecule has 1 fully saturated rings. The smallest absolute Gasteiger partial charge is 0.254 e. The van der Waals surface area contributed by atoms with Crippen molar-refractivity contribution in [3.05, 3.63) is 35.9 Å². The zero-order valence-electron chi connectivity index (χ0n) is 9.93. The number of nitrogens with zero attached hydrogens (tertiary/aromatic N) is 1. The molecule has 0 bridgehead atoms. The zero-order valence-corrected chi connectivity index (χ0v) is 9.93. The van der Waals surface area contributed by atoms with Crippen molar-refractivity contribution >= 4 is 11.8 Å². The first-order chi connectivity index (χ1) is 8.74. The van der Waals surface area contributed by atoms with Crippen LogP contribution in [0.4, 0.5) is 0 Å². The van der Waals surface area contributed by atoms with Crippen LogP contribution in [-0.4, -0.2) is 35.8 Å². The summed E-state index contributed by atoms with van der Waals surface area (Å²) in [5.41, 5.74) is 0.604. The average Bonchev–Trinajstić information content (AvgIpc) is 2.36. The van der Waals surface area contributed by atoms with Crippen LogP contribution in [0.25, 0.3) is 0 Å². The Labute approximate surface area is 106 Å². The van der Waals surface area contributed by atoms with E-state index in [4.69, 9.17) is 6.42 Å². The molecule has 0 unspecified atom stereocenters. The van der Waals surface area contributed by atoms with Crippen LogP contribution in [0.15, 0.2) is 30.3 Å². The van der Waals surface area contributed by atoms with Crippen molar-refractivity contribution < 1.29 is 9.59 Å². The number of amides is 2. The van der Waals surface area contributed by atoms with Gasteiger partial charge in [0.15, 0.2) is 0 Å². The maximum Gasteiger partial charge on any atom is 0.254 e. The summed E-state index contributed by atoms with van der Waals surface area (Å²) in [7, 11) is 0. The molecule has 0 aromatic heterocycles. The molecule has 2 amide bonds. The number of benzene rings is 1. The Morgan fingerprint density at radius 3 is 2.67 bits per heavy atom. The topological polar surface area (TPSA) is 49.4 Å². The number of terminal acetylenes is 1. The summed E-state index contributed by atoms with van der Waals surface area (Å²) in [6.45, 7) is 0.810. The molecule has 1 atom stereocenters. The van der Waals surface area contributed by atoms with Crippen molar-refractivity contribution in [2.24, 2.45) is 0 Å². The zero-order chi connectivity index (χ0) is 13.0. The lowest BCUT2D eigenvalue weighted by Gasteiger charge is -2.39. The molecule has 2 rings (SSSR count). The normalized spacial score (nSPS) is 17.5. The van der Waals surface area contributed by atoms with Gasteiger partial charge in [-0.05, 0) is 18.6 Å². The number of hydrogen-bond acceptors (Lipinski definition) is 2. The average molecular weight is 242 g/mol. The third-order valence-corrected chi connectivity index (χ3v) is 2.97. The van der Waals surface area contributed by atoms with Gasteiger partial charge in [0.1, 0.15) is 6.04 Å². The van der Waals surface area contributed by atoms with Crippen LogP contribution in [0.2, 0.25) is 0 Å². The number of carbonyl (C=O) groups excluding carboxylic acids is 2. The minimum atomic E-state index is -0.383. The van der Waals surface area contributed by atoms with Gasteiger partial charge in [-0.3, -0.25) is 9.59 Å². The fraction of sp³-hybridized carbons (Fsp3) is 0.286. The maximum atomic E-state index is 12.1. The third kappa shape index (κ3) is 2.35. The Bertz CT molecular complexity index is 490. The van der Waals surface area contributed by atoms with Crippen LogP contribution >= 0.6 is 0 Å². The number of likely N-dealkylation sites (tertiary alicyclic amines) is 1. The molecule has 1 heterocycles. The van der Waals surface area contributed by atoms with Crippen LogP contribution in [0.3, 0.4) is 0 Å². The predicted octanol–water partition coefficient (Wildman–Crippen LogP) is 0.650. The molecule has 1 aromatic carbocycles. The Hall–Kier alpha value is -2.28. The molecule has 0 radical (unpaired) electrons. The fourth-order valence-corrected chi connectivity index (χ4v) is 1.91. The molecule has 0 spiro atoms. The molecular formula is C14H14N2O2. The summed E-state index contributed by atoms with van der Waals surface area (Å²) >= 11 is 0. The fourth-order valence-electron chi connectivity index (χ4n) is 1.91. The first-order valence-corrected chi connectivity index (χ1v) is 5.81. The Morgan fingerprint density at radius 2 is 2.11 bits per heavy atom. The molecule has 0 saturated carbocycles. The summed E-state index contributed by atoms with van der Waals surface area (Å²) in [4.78, 5) is 25.4. The number of carbonyl (C=O) groups is 2. The van der Waals surface area contributed by atoms with E-state index in [2.05, 4.69) is 11.2 Å². The second-order valence-electron chi connectivity index (χ2n) is 4.09. The van der Waals surface area contributed by atoms with Gasteiger partial charge < -0.3 is 10.2 Å². The summed E-state index contributed by atoms with van der Waals surface area (Å²) in [6.07, 6.45) is 5.77. The Balaban J connectivity index is 2.00. The molecule has 1 N–H and O–H groups in total. The summed E-state index contributed by atoms with van der Waals surface area (Å²) in [6, 6.07) is 8.57.